The van der Waals surface area contributed by atoms with Crippen molar-refractivity contribution in [1.29, 1.82) is 0 Å². The van der Waals surface area contributed by atoms with Crippen LogP contribution < -0.4 is 9.47 Å². The molecule has 2 aromatic rings. The van der Waals surface area contributed by atoms with Gasteiger partial charge in [-0.1, -0.05) is 37.3 Å². The molecule has 0 amide bonds. The number of benzene rings is 2. The molecule has 0 saturated carbocycles. The molecular weight excluding hydrogens is 388 g/mol. The third-order valence-corrected chi connectivity index (χ3v) is 4.75. The highest BCUT2D eigenvalue weighted by atomic mass is 16.7. The van der Waals surface area contributed by atoms with Gasteiger partial charge in [-0.15, -0.1) is 0 Å². The molecule has 2 rings (SSSR count). The fraction of sp³-hybridized carbons (Fsp3) is 0.478. The van der Waals surface area contributed by atoms with E-state index in [2.05, 4.69) is 0 Å². The van der Waals surface area contributed by atoms with Gasteiger partial charge in [0.25, 0.3) is 0 Å². The maximum Gasteiger partial charge on any atom is 0.188 e. The molecule has 2 atom stereocenters. The van der Waals surface area contributed by atoms with Crippen LogP contribution in [0.25, 0.3) is 11.1 Å². The molecule has 0 spiro atoms. The highest BCUT2D eigenvalue weighted by Crippen LogP contribution is 2.42. The van der Waals surface area contributed by atoms with E-state index in [1.807, 2.05) is 43.3 Å². The number of methoxy groups -OCH3 is 2. The summed E-state index contributed by atoms with van der Waals surface area (Å²) in [6, 6.07) is 11.6. The summed E-state index contributed by atoms with van der Waals surface area (Å²) in [5.74, 6) is 1.17. The van der Waals surface area contributed by atoms with E-state index in [0.29, 0.717) is 17.9 Å². The first-order chi connectivity index (χ1) is 14.5. The predicted octanol–water partition coefficient (Wildman–Crippen LogP) is 2.53. The van der Waals surface area contributed by atoms with Crippen molar-refractivity contribution in [2.45, 2.75) is 38.4 Å². The van der Waals surface area contributed by atoms with Crippen molar-refractivity contribution in [2.24, 2.45) is 0 Å². The summed E-state index contributed by atoms with van der Waals surface area (Å²) in [4.78, 5) is 0. The van der Waals surface area contributed by atoms with Crippen LogP contribution in [0.3, 0.4) is 0 Å². The fourth-order valence-electron chi connectivity index (χ4n) is 3.46. The molecule has 0 radical (unpaired) electrons. The molecule has 0 aliphatic rings. The van der Waals surface area contributed by atoms with Gasteiger partial charge in [0.2, 0.25) is 0 Å². The molecule has 7 heteroatoms. The van der Waals surface area contributed by atoms with Crippen molar-refractivity contribution < 1.29 is 34.3 Å². The van der Waals surface area contributed by atoms with Gasteiger partial charge in [-0.2, -0.15) is 0 Å². The second kappa shape index (κ2) is 12.5. The molecule has 3 N–H and O–H groups in total. The molecule has 166 valence electrons. The Morgan fingerprint density at radius 3 is 2.07 bits per heavy atom. The standard InChI is InChI=1S/C23H32O7/c1-4-19-20(11-17(25)10-18(26)13-24)23(16-8-6-5-7-9-16)22(30-15-28-3)12-21(19)29-14-27-2/h5-9,12,17-18,24-26H,4,10-11,13-15H2,1-3H3. The van der Waals surface area contributed by atoms with Gasteiger partial charge in [-0.3, -0.25) is 0 Å². The summed E-state index contributed by atoms with van der Waals surface area (Å²) in [7, 11) is 3.10. The topological polar surface area (TPSA) is 97.6 Å². The van der Waals surface area contributed by atoms with Crippen LogP contribution in [0.15, 0.2) is 36.4 Å². The first-order valence-electron chi connectivity index (χ1n) is 10.00. The first-order valence-corrected chi connectivity index (χ1v) is 10.00. The number of hydrogen-bond donors (Lipinski definition) is 3. The molecule has 0 heterocycles. The minimum Gasteiger partial charge on any atom is -0.467 e. The van der Waals surface area contributed by atoms with Crippen LogP contribution in [0.4, 0.5) is 0 Å². The third kappa shape index (κ3) is 6.42. The summed E-state index contributed by atoms with van der Waals surface area (Å²) < 4.78 is 21.8. The van der Waals surface area contributed by atoms with E-state index >= 15 is 0 Å². The summed E-state index contributed by atoms with van der Waals surface area (Å²) in [5, 5.41) is 29.5. The van der Waals surface area contributed by atoms with Crippen molar-refractivity contribution in [3.05, 3.63) is 47.5 Å². The van der Waals surface area contributed by atoms with Gasteiger partial charge in [0.15, 0.2) is 13.6 Å². The van der Waals surface area contributed by atoms with Gasteiger partial charge in [0.05, 0.1) is 18.8 Å². The maximum absolute atomic E-state index is 10.6. The van der Waals surface area contributed by atoms with Gasteiger partial charge in [-0.05, 0) is 29.5 Å². The first kappa shape index (κ1) is 24.1. The van der Waals surface area contributed by atoms with Crippen LogP contribution in [0.2, 0.25) is 0 Å². The van der Waals surface area contributed by atoms with E-state index in [0.717, 1.165) is 22.3 Å². The van der Waals surface area contributed by atoms with Gasteiger partial charge in [0.1, 0.15) is 11.5 Å². The zero-order valence-corrected chi connectivity index (χ0v) is 17.8. The van der Waals surface area contributed by atoms with Crippen LogP contribution >= 0.6 is 0 Å². The smallest absolute Gasteiger partial charge is 0.188 e. The lowest BCUT2D eigenvalue weighted by molar-refractivity contribution is 0.0411. The lowest BCUT2D eigenvalue weighted by atomic mass is 9.88. The van der Waals surface area contributed by atoms with Gasteiger partial charge in [-0.25, -0.2) is 0 Å². The molecular formula is C23H32O7. The van der Waals surface area contributed by atoms with Crippen molar-refractivity contribution >= 4 is 0 Å². The minimum atomic E-state index is -0.984. The Balaban J connectivity index is 2.63. The number of rotatable bonds is 13. The average Bonchev–Trinajstić information content (AvgIpc) is 2.76. The normalized spacial score (nSPS) is 13.1. The summed E-state index contributed by atoms with van der Waals surface area (Å²) in [6.45, 7) is 1.74. The summed E-state index contributed by atoms with van der Waals surface area (Å²) >= 11 is 0. The molecule has 0 aromatic heterocycles. The van der Waals surface area contributed by atoms with E-state index in [9.17, 15) is 10.2 Å². The van der Waals surface area contributed by atoms with Gasteiger partial charge >= 0.3 is 0 Å². The lowest BCUT2D eigenvalue weighted by Gasteiger charge is -2.24. The molecule has 2 unspecified atom stereocenters. The molecule has 0 aliphatic heterocycles. The van der Waals surface area contributed by atoms with Crippen molar-refractivity contribution in [2.75, 3.05) is 34.4 Å². The van der Waals surface area contributed by atoms with Crippen LogP contribution in [0, 0.1) is 0 Å². The Morgan fingerprint density at radius 2 is 1.50 bits per heavy atom. The van der Waals surface area contributed by atoms with Gasteiger partial charge < -0.3 is 34.3 Å². The molecule has 0 saturated heterocycles. The Hall–Kier alpha value is -2.16. The van der Waals surface area contributed by atoms with Crippen molar-refractivity contribution in [3.8, 4) is 22.6 Å². The largest absolute Gasteiger partial charge is 0.467 e. The number of ether oxygens (including phenoxy) is 4. The molecule has 30 heavy (non-hydrogen) atoms. The van der Waals surface area contributed by atoms with Crippen LogP contribution in [0.1, 0.15) is 24.5 Å². The van der Waals surface area contributed by atoms with E-state index in [4.69, 9.17) is 24.1 Å². The van der Waals surface area contributed by atoms with Crippen LogP contribution in [0.5, 0.6) is 11.5 Å². The molecule has 0 fully saturated rings. The van der Waals surface area contributed by atoms with E-state index in [1.165, 1.54) is 0 Å². The molecule has 7 nitrogen and oxygen atoms in total. The zero-order valence-electron chi connectivity index (χ0n) is 17.8. The lowest BCUT2D eigenvalue weighted by Crippen LogP contribution is -2.23. The second-order valence-corrected chi connectivity index (χ2v) is 6.96. The van der Waals surface area contributed by atoms with Crippen LogP contribution in [-0.4, -0.2) is 61.9 Å². The molecule has 0 aliphatic carbocycles. The predicted molar refractivity (Wildman–Crippen MR) is 114 cm³/mol. The van der Waals surface area contributed by atoms with Crippen molar-refractivity contribution in [1.82, 2.24) is 0 Å². The zero-order chi connectivity index (χ0) is 21.9. The highest BCUT2D eigenvalue weighted by molar-refractivity contribution is 5.77. The molecule has 0 bridgehead atoms. The summed E-state index contributed by atoms with van der Waals surface area (Å²) in [6.07, 6.45) is -0.854. The second-order valence-electron chi connectivity index (χ2n) is 6.96. The average molecular weight is 421 g/mol. The number of hydrogen-bond acceptors (Lipinski definition) is 7. The van der Waals surface area contributed by atoms with E-state index in [1.54, 1.807) is 14.2 Å². The highest BCUT2D eigenvalue weighted by Gasteiger charge is 2.23. The maximum atomic E-state index is 10.6. The SMILES string of the molecule is CCc1c(OCOC)cc(OCOC)c(-c2ccccc2)c1CC(O)CC(O)CO. The summed E-state index contributed by atoms with van der Waals surface area (Å²) in [5.41, 5.74) is 3.56. The molecule has 2 aromatic carbocycles. The Bertz CT molecular complexity index is 764. The Morgan fingerprint density at radius 1 is 0.867 bits per heavy atom. The Kier molecular flexibility index (Phi) is 10.1. The fourth-order valence-corrected chi connectivity index (χ4v) is 3.46. The van der Waals surface area contributed by atoms with Crippen LogP contribution in [-0.2, 0) is 22.3 Å². The van der Waals surface area contributed by atoms with E-state index < -0.39 is 18.8 Å². The van der Waals surface area contributed by atoms with Gasteiger partial charge in [0, 0.05) is 32.3 Å². The van der Waals surface area contributed by atoms with Crippen molar-refractivity contribution in [3.63, 3.8) is 0 Å². The number of aliphatic hydroxyl groups is 3. The quantitative estimate of drug-likeness (QED) is 0.429. The van der Waals surface area contributed by atoms with E-state index in [-0.39, 0.29) is 26.4 Å². The third-order valence-electron chi connectivity index (χ3n) is 4.75. The monoisotopic (exact) mass is 420 g/mol. The minimum absolute atomic E-state index is 0.0558. The Labute approximate surface area is 177 Å². The number of aliphatic hydroxyl groups excluding tert-OH is 3.